The van der Waals surface area contributed by atoms with Crippen molar-refractivity contribution in [2.45, 2.75) is 13.5 Å². The van der Waals surface area contributed by atoms with E-state index in [1.165, 1.54) is 24.3 Å². The number of amides is 1. The molecular weight excluding hydrogens is 251 g/mol. The van der Waals surface area contributed by atoms with Gasteiger partial charge in [-0.1, -0.05) is 5.16 Å². The average Bonchev–Trinajstić information content (AvgIpc) is 2.81. The number of rotatable bonds is 5. The standard InChI is InChI=1S/C13H13FN2O3/c1-9-6-11(16-19-9)7-15-13(17)8-18-12-4-2-10(14)3-5-12/h2-6H,7-8H2,1H3,(H,15,17). The Balaban J connectivity index is 1.74. The van der Waals surface area contributed by atoms with E-state index in [1.54, 1.807) is 13.0 Å². The fraction of sp³-hybridized carbons (Fsp3) is 0.231. The summed E-state index contributed by atoms with van der Waals surface area (Å²) in [5, 5.41) is 6.38. The van der Waals surface area contributed by atoms with Crippen LogP contribution in [0.3, 0.4) is 0 Å². The fourth-order valence-electron chi connectivity index (χ4n) is 1.42. The van der Waals surface area contributed by atoms with Crippen LogP contribution in [0.4, 0.5) is 4.39 Å². The van der Waals surface area contributed by atoms with Gasteiger partial charge in [-0.15, -0.1) is 0 Å². The summed E-state index contributed by atoms with van der Waals surface area (Å²) in [5.74, 6) is 0.490. The Kier molecular flexibility index (Phi) is 4.12. The van der Waals surface area contributed by atoms with Crippen LogP contribution in [0.5, 0.6) is 5.75 Å². The van der Waals surface area contributed by atoms with Crippen molar-refractivity contribution < 1.29 is 18.4 Å². The molecule has 0 radical (unpaired) electrons. The van der Waals surface area contributed by atoms with Gasteiger partial charge in [-0.25, -0.2) is 4.39 Å². The largest absolute Gasteiger partial charge is 0.484 e. The van der Waals surface area contributed by atoms with E-state index in [0.717, 1.165) is 0 Å². The number of hydrogen-bond donors (Lipinski definition) is 1. The number of nitrogens with zero attached hydrogens (tertiary/aromatic N) is 1. The molecule has 1 heterocycles. The third-order valence-corrected chi connectivity index (χ3v) is 2.33. The summed E-state index contributed by atoms with van der Waals surface area (Å²) in [6.07, 6.45) is 0. The molecule has 6 heteroatoms. The fourth-order valence-corrected chi connectivity index (χ4v) is 1.42. The Morgan fingerprint density at radius 1 is 1.42 bits per heavy atom. The first-order chi connectivity index (χ1) is 9.13. The molecule has 0 saturated heterocycles. The molecule has 0 spiro atoms. The zero-order valence-electron chi connectivity index (χ0n) is 10.4. The smallest absolute Gasteiger partial charge is 0.258 e. The van der Waals surface area contributed by atoms with Crippen molar-refractivity contribution in [2.75, 3.05) is 6.61 Å². The molecule has 0 saturated carbocycles. The van der Waals surface area contributed by atoms with Crippen molar-refractivity contribution in [1.82, 2.24) is 10.5 Å². The van der Waals surface area contributed by atoms with Crippen molar-refractivity contribution in [2.24, 2.45) is 0 Å². The van der Waals surface area contributed by atoms with E-state index in [2.05, 4.69) is 10.5 Å². The number of benzene rings is 1. The quantitative estimate of drug-likeness (QED) is 0.894. The topological polar surface area (TPSA) is 64.4 Å². The minimum absolute atomic E-state index is 0.136. The van der Waals surface area contributed by atoms with Gasteiger partial charge in [0.25, 0.3) is 5.91 Å². The van der Waals surface area contributed by atoms with E-state index in [4.69, 9.17) is 9.26 Å². The number of hydrogen-bond acceptors (Lipinski definition) is 4. The molecule has 0 unspecified atom stereocenters. The lowest BCUT2D eigenvalue weighted by atomic mass is 10.3. The number of aromatic nitrogens is 1. The van der Waals surface area contributed by atoms with Crippen LogP contribution in [-0.4, -0.2) is 17.7 Å². The predicted octanol–water partition coefficient (Wildman–Crippen LogP) is 1.82. The summed E-state index contributed by atoms with van der Waals surface area (Å²) < 4.78 is 22.7. The highest BCUT2D eigenvalue weighted by molar-refractivity contribution is 5.77. The average molecular weight is 264 g/mol. The summed E-state index contributed by atoms with van der Waals surface area (Å²) in [7, 11) is 0. The van der Waals surface area contributed by atoms with Gasteiger partial charge in [-0.3, -0.25) is 4.79 Å². The molecule has 1 N–H and O–H groups in total. The number of halogens is 1. The lowest BCUT2D eigenvalue weighted by Crippen LogP contribution is -2.28. The minimum atomic E-state index is -0.349. The highest BCUT2D eigenvalue weighted by Gasteiger charge is 2.05. The summed E-state index contributed by atoms with van der Waals surface area (Å²) in [5.41, 5.74) is 0.646. The van der Waals surface area contributed by atoms with Gasteiger partial charge in [0.15, 0.2) is 6.61 Å². The van der Waals surface area contributed by atoms with Crippen molar-refractivity contribution in [3.63, 3.8) is 0 Å². The molecule has 1 aromatic carbocycles. The lowest BCUT2D eigenvalue weighted by molar-refractivity contribution is -0.123. The van der Waals surface area contributed by atoms with Gasteiger partial charge in [0, 0.05) is 6.07 Å². The van der Waals surface area contributed by atoms with Gasteiger partial charge >= 0.3 is 0 Å². The summed E-state index contributed by atoms with van der Waals surface area (Å²) in [4.78, 5) is 11.5. The highest BCUT2D eigenvalue weighted by atomic mass is 19.1. The van der Waals surface area contributed by atoms with Crippen LogP contribution in [0.15, 0.2) is 34.9 Å². The SMILES string of the molecule is Cc1cc(CNC(=O)COc2ccc(F)cc2)no1. The second kappa shape index (κ2) is 5.99. The molecule has 5 nitrogen and oxygen atoms in total. The highest BCUT2D eigenvalue weighted by Crippen LogP contribution is 2.10. The monoisotopic (exact) mass is 264 g/mol. The van der Waals surface area contributed by atoms with Gasteiger partial charge in [-0.05, 0) is 31.2 Å². The molecule has 0 bridgehead atoms. The van der Waals surface area contributed by atoms with Crippen LogP contribution in [0, 0.1) is 12.7 Å². The maximum absolute atomic E-state index is 12.6. The van der Waals surface area contributed by atoms with Crippen molar-refractivity contribution >= 4 is 5.91 Å². The minimum Gasteiger partial charge on any atom is -0.484 e. The summed E-state index contributed by atoms with van der Waals surface area (Å²) in [6, 6.07) is 7.20. The van der Waals surface area contributed by atoms with Crippen LogP contribution in [0.2, 0.25) is 0 Å². The number of nitrogens with one attached hydrogen (secondary N) is 1. The molecule has 19 heavy (non-hydrogen) atoms. The first-order valence-corrected chi connectivity index (χ1v) is 5.71. The summed E-state index contributed by atoms with van der Waals surface area (Å²) in [6.45, 7) is 1.92. The normalized spacial score (nSPS) is 10.2. The van der Waals surface area contributed by atoms with Crippen molar-refractivity contribution in [1.29, 1.82) is 0 Å². The number of aryl methyl sites for hydroxylation is 1. The van der Waals surface area contributed by atoms with E-state index < -0.39 is 0 Å². The van der Waals surface area contributed by atoms with Gasteiger partial charge in [0.1, 0.15) is 23.0 Å². The third-order valence-electron chi connectivity index (χ3n) is 2.33. The van der Waals surface area contributed by atoms with E-state index in [1.807, 2.05) is 0 Å². The molecule has 2 aromatic rings. The second-order valence-electron chi connectivity index (χ2n) is 3.95. The Hall–Kier alpha value is -2.37. The maximum Gasteiger partial charge on any atom is 0.258 e. The Bertz CT molecular complexity index is 551. The van der Waals surface area contributed by atoms with Crippen LogP contribution < -0.4 is 10.1 Å². The lowest BCUT2D eigenvalue weighted by Gasteiger charge is -2.06. The van der Waals surface area contributed by atoms with E-state index in [9.17, 15) is 9.18 Å². The molecule has 0 aliphatic heterocycles. The van der Waals surface area contributed by atoms with Crippen LogP contribution in [0.25, 0.3) is 0 Å². The van der Waals surface area contributed by atoms with Gasteiger partial charge in [0.05, 0.1) is 6.54 Å². The molecule has 0 fully saturated rings. The van der Waals surface area contributed by atoms with E-state index in [-0.39, 0.29) is 24.9 Å². The first-order valence-electron chi connectivity index (χ1n) is 5.71. The number of carbonyl (C=O) groups excluding carboxylic acids is 1. The van der Waals surface area contributed by atoms with E-state index in [0.29, 0.717) is 17.2 Å². The zero-order chi connectivity index (χ0) is 13.7. The molecule has 1 amide bonds. The van der Waals surface area contributed by atoms with Gasteiger partial charge < -0.3 is 14.6 Å². The van der Waals surface area contributed by atoms with Crippen LogP contribution in [0.1, 0.15) is 11.5 Å². The van der Waals surface area contributed by atoms with Crippen molar-refractivity contribution in [3.8, 4) is 5.75 Å². The molecule has 0 aliphatic rings. The van der Waals surface area contributed by atoms with Gasteiger partial charge in [0.2, 0.25) is 0 Å². The molecule has 1 aromatic heterocycles. The molecular formula is C13H13FN2O3. The molecule has 0 aliphatic carbocycles. The molecule has 2 rings (SSSR count). The van der Waals surface area contributed by atoms with Crippen LogP contribution >= 0.6 is 0 Å². The predicted molar refractivity (Wildman–Crippen MR) is 65.0 cm³/mol. The molecule has 0 atom stereocenters. The number of carbonyl (C=O) groups is 1. The Labute approximate surface area is 109 Å². The van der Waals surface area contributed by atoms with E-state index >= 15 is 0 Å². The summed E-state index contributed by atoms with van der Waals surface area (Å²) >= 11 is 0. The first kappa shape index (κ1) is 13.1. The van der Waals surface area contributed by atoms with Crippen molar-refractivity contribution in [3.05, 3.63) is 47.6 Å². The van der Waals surface area contributed by atoms with Gasteiger partial charge in [-0.2, -0.15) is 0 Å². The van der Waals surface area contributed by atoms with Crippen LogP contribution in [-0.2, 0) is 11.3 Å². The zero-order valence-corrected chi connectivity index (χ0v) is 10.4. The second-order valence-corrected chi connectivity index (χ2v) is 3.95. The Morgan fingerprint density at radius 2 is 2.16 bits per heavy atom. The number of ether oxygens (including phenoxy) is 1. The third kappa shape index (κ3) is 4.09. The molecule has 100 valence electrons. The maximum atomic E-state index is 12.6. The Morgan fingerprint density at radius 3 is 2.79 bits per heavy atom.